The molecule has 3 aromatic rings. The van der Waals surface area contributed by atoms with Crippen LogP contribution in [0.2, 0.25) is 0 Å². The van der Waals surface area contributed by atoms with Gasteiger partial charge in [-0.25, -0.2) is 8.78 Å². The van der Waals surface area contributed by atoms with Crippen molar-refractivity contribution in [2.75, 3.05) is 5.32 Å². The van der Waals surface area contributed by atoms with Gasteiger partial charge in [0, 0.05) is 42.6 Å². The van der Waals surface area contributed by atoms with Crippen LogP contribution in [0.5, 0.6) is 0 Å². The second-order valence-electron chi connectivity index (χ2n) is 4.93. The summed E-state index contributed by atoms with van der Waals surface area (Å²) in [5, 5.41) is 6.29. The Kier molecular flexibility index (Phi) is 4.55. The molecular formula is C16H12F2N4O2. The van der Waals surface area contributed by atoms with E-state index in [2.05, 4.69) is 20.4 Å². The van der Waals surface area contributed by atoms with Crippen molar-refractivity contribution in [3.63, 3.8) is 0 Å². The van der Waals surface area contributed by atoms with Crippen molar-refractivity contribution in [3.8, 4) is 11.4 Å². The van der Waals surface area contributed by atoms with Crippen LogP contribution in [0.1, 0.15) is 12.3 Å². The summed E-state index contributed by atoms with van der Waals surface area (Å²) in [6.07, 6.45) is 3.52. The number of hydrogen-bond acceptors (Lipinski definition) is 5. The van der Waals surface area contributed by atoms with Crippen molar-refractivity contribution in [1.82, 2.24) is 15.1 Å². The molecule has 0 radical (unpaired) electrons. The Morgan fingerprint density at radius 3 is 2.83 bits per heavy atom. The monoisotopic (exact) mass is 330 g/mol. The SMILES string of the molecule is O=C(CCc1nc(-c2cccnc2)no1)Nc1ccc(F)c(F)c1. The highest BCUT2D eigenvalue weighted by Gasteiger charge is 2.11. The molecule has 0 atom stereocenters. The molecule has 6 nitrogen and oxygen atoms in total. The van der Waals surface area contributed by atoms with E-state index in [1.54, 1.807) is 24.5 Å². The largest absolute Gasteiger partial charge is 0.339 e. The number of aryl methyl sites for hydroxylation is 1. The molecule has 0 aliphatic heterocycles. The van der Waals surface area contributed by atoms with Crippen molar-refractivity contribution in [2.24, 2.45) is 0 Å². The molecule has 0 fully saturated rings. The maximum atomic E-state index is 13.1. The van der Waals surface area contributed by atoms with Gasteiger partial charge in [0.15, 0.2) is 11.6 Å². The number of anilines is 1. The molecule has 1 N–H and O–H groups in total. The van der Waals surface area contributed by atoms with Gasteiger partial charge < -0.3 is 9.84 Å². The van der Waals surface area contributed by atoms with Crippen molar-refractivity contribution in [2.45, 2.75) is 12.8 Å². The van der Waals surface area contributed by atoms with Crippen LogP contribution in [-0.2, 0) is 11.2 Å². The first-order valence-electron chi connectivity index (χ1n) is 7.10. The summed E-state index contributed by atoms with van der Waals surface area (Å²) >= 11 is 0. The van der Waals surface area contributed by atoms with E-state index in [1.807, 2.05) is 0 Å². The molecule has 24 heavy (non-hydrogen) atoms. The lowest BCUT2D eigenvalue weighted by Crippen LogP contribution is -2.12. The number of rotatable bonds is 5. The molecule has 0 spiro atoms. The second kappa shape index (κ2) is 6.95. The first-order chi connectivity index (χ1) is 11.6. The summed E-state index contributed by atoms with van der Waals surface area (Å²) in [4.78, 5) is 20.0. The highest BCUT2D eigenvalue weighted by atomic mass is 19.2. The average Bonchev–Trinajstić information content (AvgIpc) is 3.06. The van der Waals surface area contributed by atoms with Gasteiger partial charge in [0.25, 0.3) is 0 Å². The molecule has 8 heteroatoms. The summed E-state index contributed by atoms with van der Waals surface area (Å²) in [7, 11) is 0. The third-order valence-corrected chi connectivity index (χ3v) is 3.16. The van der Waals surface area contributed by atoms with Crippen LogP contribution in [0.15, 0.2) is 47.2 Å². The van der Waals surface area contributed by atoms with Crippen LogP contribution in [0, 0.1) is 11.6 Å². The van der Waals surface area contributed by atoms with E-state index in [1.165, 1.54) is 6.07 Å². The molecule has 0 aliphatic rings. The number of amides is 1. The highest BCUT2D eigenvalue weighted by Crippen LogP contribution is 2.16. The number of halogens is 2. The Balaban J connectivity index is 1.56. The van der Waals surface area contributed by atoms with Crippen molar-refractivity contribution in [3.05, 3.63) is 60.3 Å². The molecule has 1 amide bonds. The molecule has 0 unspecified atom stereocenters. The molecule has 122 valence electrons. The van der Waals surface area contributed by atoms with E-state index < -0.39 is 11.6 Å². The zero-order valence-electron chi connectivity index (χ0n) is 12.4. The average molecular weight is 330 g/mol. The Bertz CT molecular complexity index is 852. The molecule has 0 saturated heterocycles. The molecule has 2 aromatic heterocycles. The lowest BCUT2D eigenvalue weighted by atomic mass is 10.2. The zero-order chi connectivity index (χ0) is 16.9. The number of pyridine rings is 1. The van der Waals surface area contributed by atoms with Crippen LogP contribution in [-0.4, -0.2) is 21.0 Å². The lowest BCUT2D eigenvalue weighted by molar-refractivity contribution is -0.116. The van der Waals surface area contributed by atoms with E-state index in [9.17, 15) is 13.6 Å². The van der Waals surface area contributed by atoms with Crippen LogP contribution in [0.25, 0.3) is 11.4 Å². The number of hydrogen-bond donors (Lipinski definition) is 1. The predicted octanol–water partition coefficient (Wildman–Crippen LogP) is 2.98. The van der Waals surface area contributed by atoms with Crippen molar-refractivity contribution in [1.29, 1.82) is 0 Å². The first kappa shape index (κ1) is 15.7. The van der Waals surface area contributed by atoms with Gasteiger partial charge in [0.2, 0.25) is 17.6 Å². The van der Waals surface area contributed by atoms with Crippen LogP contribution in [0.3, 0.4) is 0 Å². The van der Waals surface area contributed by atoms with Gasteiger partial charge in [-0.3, -0.25) is 9.78 Å². The fourth-order valence-corrected chi connectivity index (χ4v) is 1.99. The van der Waals surface area contributed by atoms with E-state index >= 15 is 0 Å². The Hall–Kier alpha value is -3.16. The lowest BCUT2D eigenvalue weighted by Gasteiger charge is -2.04. The van der Waals surface area contributed by atoms with Crippen LogP contribution in [0.4, 0.5) is 14.5 Å². The second-order valence-corrected chi connectivity index (χ2v) is 4.93. The van der Waals surface area contributed by atoms with Gasteiger partial charge >= 0.3 is 0 Å². The summed E-state index contributed by atoms with van der Waals surface area (Å²) in [6, 6.07) is 6.69. The highest BCUT2D eigenvalue weighted by molar-refractivity contribution is 5.90. The Morgan fingerprint density at radius 2 is 2.08 bits per heavy atom. The molecule has 1 aromatic carbocycles. The summed E-state index contributed by atoms with van der Waals surface area (Å²) in [5.41, 5.74) is 0.888. The molecule has 0 aliphatic carbocycles. The molecule has 0 saturated carbocycles. The number of nitrogens with one attached hydrogen (secondary N) is 1. The molecular weight excluding hydrogens is 318 g/mol. The van der Waals surface area contributed by atoms with E-state index in [-0.39, 0.29) is 24.4 Å². The molecule has 2 heterocycles. The quantitative estimate of drug-likeness (QED) is 0.778. The standard InChI is InChI=1S/C16H12F2N4O2/c17-12-4-3-11(8-13(12)18)20-14(23)5-6-15-21-16(22-24-15)10-2-1-7-19-9-10/h1-4,7-9H,5-6H2,(H,20,23). The third kappa shape index (κ3) is 3.78. The van der Waals surface area contributed by atoms with Gasteiger partial charge in [-0.05, 0) is 24.3 Å². The normalized spacial score (nSPS) is 10.6. The van der Waals surface area contributed by atoms with Gasteiger partial charge in [0.1, 0.15) is 0 Å². The summed E-state index contributed by atoms with van der Waals surface area (Å²) < 4.78 is 31.0. The Labute approximate surface area is 135 Å². The maximum absolute atomic E-state index is 13.1. The van der Waals surface area contributed by atoms with Gasteiger partial charge in [-0.15, -0.1) is 0 Å². The van der Waals surface area contributed by atoms with Gasteiger partial charge in [0.05, 0.1) is 0 Å². The minimum absolute atomic E-state index is 0.0632. The minimum Gasteiger partial charge on any atom is -0.339 e. The van der Waals surface area contributed by atoms with E-state index in [0.717, 1.165) is 12.1 Å². The first-order valence-corrected chi connectivity index (χ1v) is 7.10. The smallest absolute Gasteiger partial charge is 0.227 e. The number of aromatic nitrogens is 3. The molecule has 0 bridgehead atoms. The van der Waals surface area contributed by atoms with E-state index in [0.29, 0.717) is 17.3 Å². The summed E-state index contributed by atoms with van der Waals surface area (Å²) in [6.45, 7) is 0. The fourth-order valence-electron chi connectivity index (χ4n) is 1.99. The van der Waals surface area contributed by atoms with Crippen LogP contribution >= 0.6 is 0 Å². The predicted molar refractivity (Wildman–Crippen MR) is 80.8 cm³/mol. The zero-order valence-corrected chi connectivity index (χ0v) is 12.4. The number of carbonyl (C=O) groups is 1. The van der Waals surface area contributed by atoms with Gasteiger partial charge in [-0.2, -0.15) is 4.98 Å². The van der Waals surface area contributed by atoms with E-state index in [4.69, 9.17) is 4.52 Å². The van der Waals surface area contributed by atoms with Gasteiger partial charge in [-0.1, -0.05) is 5.16 Å². The van der Waals surface area contributed by atoms with Crippen molar-refractivity contribution >= 4 is 11.6 Å². The number of carbonyl (C=O) groups excluding carboxylic acids is 1. The fraction of sp³-hybridized carbons (Fsp3) is 0.125. The number of nitrogens with zero attached hydrogens (tertiary/aromatic N) is 3. The summed E-state index contributed by atoms with van der Waals surface area (Å²) in [5.74, 6) is -1.68. The van der Waals surface area contributed by atoms with Crippen molar-refractivity contribution < 1.29 is 18.1 Å². The third-order valence-electron chi connectivity index (χ3n) is 3.16. The maximum Gasteiger partial charge on any atom is 0.227 e. The minimum atomic E-state index is -1.02. The Morgan fingerprint density at radius 1 is 1.21 bits per heavy atom. The van der Waals surface area contributed by atoms with Crippen LogP contribution < -0.4 is 5.32 Å². The topological polar surface area (TPSA) is 80.9 Å². The number of benzene rings is 1. The molecule has 3 rings (SSSR count).